The first-order valence-corrected chi connectivity index (χ1v) is 11.0. The first-order chi connectivity index (χ1) is 15.3. The third-order valence-electron chi connectivity index (χ3n) is 5.81. The van der Waals surface area contributed by atoms with Crippen molar-refractivity contribution in [2.45, 2.75) is 27.3 Å². The molecule has 1 fully saturated rings. The van der Waals surface area contributed by atoms with Gasteiger partial charge in [0.15, 0.2) is 11.5 Å². The number of aromatic nitrogens is 2. The minimum atomic E-state index is -0.162. The molecular weight excluding hydrogens is 404 g/mol. The van der Waals surface area contributed by atoms with Crippen LogP contribution in [0.3, 0.4) is 0 Å². The molecule has 0 radical (unpaired) electrons. The van der Waals surface area contributed by atoms with Crippen molar-refractivity contribution in [3.63, 3.8) is 0 Å². The third-order valence-corrected chi connectivity index (χ3v) is 5.81. The molecule has 0 atom stereocenters. The first kappa shape index (κ1) is 21.7. The van der Waals surface area contributed by atoms with E-state index in [1.54, 1.807) is 24.0 Å². The summed E-state index contributed by atoms with van der Waals surface area (Å²) in [6.45, 7) is 8.57. The van der Waals surface area contributed by atoms with Crippen LogP contribution in [0, 0.1) is 5.92 Å². The lowest BCUT2D eigenvalue weighted by molar-refractivity contribution is 0.0739. The Bertz CT molecular complexity index is 1210. The van der Waals surface area contributed by atoms with E-state index in [2.05, 4.69) is 10.00 Å². The van der Waals surface area contributed by atoms with E-state index in [0.29, 0.717) is 54.8 Å². The number of nitrogens with zero attached hydrogens (tertiary/aromatic N) is 4. The number of anilines is 1. The number of hydrogen-bond acceptors (Lipinski definition) is 5. The number of Topliss-reactive ketones (excluding diaryl/α,β-unsaturated/α-hetero) is 1. The molecule has 32 heavy (non-hydrogen) atoms. The summed E-state index contributed by atoms with van der Waals surface area (Å²) in [6.07, 6.45) is 0. The summed E-state index contributed by atoms with van der Waals surface area (Å²) in [6, 6.07) is 14.8. The summed E-state index contributed by atoms with van der Waals surface area (Å²) < 4.78 is 1.42. The lowest BCUT2D eigenvalue weighted by atomic mass is 10.1. The van der Waals surface area contributed by atoms with Crippen molar-refractivity contribution < 1.29 is 9.59 Å². The van der Waals surface area contributed by atoms with Crippen LogP contribution in [0.5, 0.6) is 0 Å². The average Bonchev–Trinajstić information content (AvgIpc) is 2.80. The summed E-state index contributed by atoms with van der Waals surface area (Å²) in [5, 5.41) is 5.61. The molecule has 0 aliphatic carbocycles. The lowest BCUT2D eigenvalue weighted by Crippen LogP contribution is -2.49. The van der Waals surface area contributed by atoms with Crippen LogP contribution in [0.25, 0.3) is 10.8 Å². The first-order valence-electron chi connectivity index (χ1n) is 11.0. The van der Waals surface area contributed by atoms with Gasteiger partial charge in [-0.25, -0.2) is 4.68 Å². The molecule has 7 nitrogen and oxygen atoms in total. The van der Waals surface area contributed by atoms with Crippen LogP contribution in [-0.2, 0) is 6.54 Å². The van der Waals surface area contributed by atoms with Gasteiger partial charge in [0.1, 0.15) is 0 Å². The maximum Gasteiger partial charge on any atom is 0.275 e. The molecule has 1 aliphatic heterocycles. The molecule has 4 rings (SSSR count). The van der Waals surface area contributed by atoms with Crippen LogP contribution in [0.1, 0.15) is 41.6 Å². The number of carbonyl (C=O) groups excluding carboxylic acids is 2. The van der Waals surface area contributed by atoms with Gasteiger partial charge in [-0.15, -0.1) is 0 Å². The highest BCUT2D eigenvalue weighted by Crippen LogP contribution is 2.20. The Hall–Kier alpha value is -3.48. The van der Waals surface area contributed by atoms with Crippen LogP contribution < -0.4 is 10.5 Å². The van der Waals surface area contributed by atoms with E-state index in [-0.39, 0.29) is 23.2 Å². The predicted molar refractivity (Wildman–Crippen MR) is 125 cm³/mol. The predicted octanol–water partition coefficient (Wildman–Crippen LogP) is 3.22. The van der Waals surface area contributed by atoms with Gasteiger partial charge in [0, 0.05) is 49.4 Å². The zero-order valence-corrected chi connectivity index (χ0v) is 18.7. The molecule has 3 aromatic rings. The Morgan fingerprint density at radius 3 is 2.16 bits per heavy atom. The average molecular weight is 433 g/mol. The maximum absolute atomic E-state index is 13.4. The molecule has 2 heterocycles. The van der Waals surface area contributed by atoms with Gasteiger partial charge in [-0.3, -0.25) is 14.4 Å². The molecule has 0 spiro atoms. The van der Waals surface area contributed by atoms with Crippen molar-refractivity contribution in [1.82, 2.24) is 14.7 Å². The Balaban J connectivity index is 1.56. The molecule has 7 heteroatoms. The second-order valence-corrected chi connectivity index (χ2v) is 8.66. The van der Waals surface area contributed by atoms with Gasteiger partial charge in [0.05, 0.1) is 5.39 Å². The van der Waals surface area contributed by atoms with E-state index in [9.17, 15) is 14.4 Å². The van der Waals surface area contributed by atoms with Crippen LogP contribution in [0.15, 0.2) is 53.3 Å². The van der Waals surface area contributed by atoms with Gasteiger partial charge in [0.2, 0.25) is 0 Å². The summed E-state index contributed by atoms with van der Waals surface area (Å²) in [5.74, 6) is 0.137. The van der Waals surface area contributed by atoms with Gasteiger partial charge in [0.25, 0.3) is 11.5 Å². The van der Waals surface area contributed by atoms with Crippen molar-refractivity contribution >= 4 is 28.2 Å². The summed E-state index contributed by atoms with van der Waals surface area (Å²) in [4.78, 5) is 41.8. The number of hydrogen-bond donors (Lipinski definition) is 0. The monoisotopic (exact) mass is 432 g/mol. The van der Waals surface area contributed by atoms with Crippen LogP contribution in [0.4, 0.5) is 5.69 Å². The minimum Gasteiger partial charge on any atom is -0.368 e. The molecule has 0 N–H and O–H groups in total. The number of carbonyl (C=O) groups is 2. The Labute approximate surface area is 187 Å². The van der Waals surface area contributed by atoms with Gasteiger partial charge >= 0.3 is 0 Å². The second kappa shape index (κ2) is 8.94. The molecule has 0 saturated carbocycles. The fourth-order valence-electron chi connectivity index (χ4n) is 4.09. The van der Waals surface area contributed by atoms with Gasteiger partial charge in [-0.1, -0.05) is 32.0 Å². The molecule has 1 amide bonds. The molecule has 1 aliphatic rings. The highest BCUT2D eigenvalue weighted by atomic mass is 16.2. The summed E-state index contributed by atoms with van der Waals surface area (Å²) >= 11 is 0. The lowest BCUT2D eigenvalue weighted by Gasteiger charge is -2.36. The van der Waals surface area contributed by atoms with E-state index < -0.39 is 0 Å². The molecule has 2 aromatic carbocycles. The standard InChI is InChI=1S/C25H28N4O3/c1-17(2)16-29-24(31)22-7-5-4-6-21(22)23(26-29)25(32)28-14-12-27(13-15-28)20-10-8-19(9-11-20)18(3)30/h4-11,17H,12-16H2,1-3H3. The minimum absolute atomic E-state index is 0.0468. The molecular formula is C25H28N4O3. The zero-order valence-electron chi connectivity index (χ0n) is 18.7. The zero-order chi connectivity index (χ0) is 22.8. The van der Waals surface area contributed by atoms with Crippen molar-refractivity contribution in [2.75, 3.05) is 31.1 Å². The van der Waals surface area contributed by atoms with Crippen LogP contribution in [-0.4, -0.2) is 52.5 Å². The van der Waals surface area contributed by atoms with Crippen molar-refractivity contribution in [3.8, 4) is 0 Å². The van der Waals surface area contributed by atoms with Gasteiger partial charge in [-0.05, 0) is 43.2 Å². The summed E-state index contributed by atoms with van der Waals surface area (Å²) in [7, 11) is 0. The van der Waals surface area contributed by atoms with E-state index >= 15 is 0 Å². The Morgan fingerprint density at radius 1 is 0.938 bits per heavy atom. The van der Waals surface area contributed by atoms with Crippen LogP contribution in [0.2, 0.25) is 0 Å². The highest BCUT2D eigenvalue weighted by molar-refractivity contribution is 6.04. The molecule has 0 unspecified atom stereocenters. The topological polar surface area (TPSA) is 75.5 Å². The fourth-order valence-corrected chi connectivity index (χ4v) is 4.09. The van der Waals surface area contributed by atoms with Crippen molar-refractivity contribution in [3.05, 3.63) is 70.1 Å². The maximum atomic E-state index is 13.4. The molecule has 1 aromatic heterocycles. The third kappa shape index (κ3) is 4.28. The fraction of sp³-hybridized carbons (Fsp3) is 0.360. The quantitative estimate of drug-likeness (QED) is 0.579. The number of amides is 1. The number of piperazine rings is 1. The molecule has 1 saturated heterocycles. The van der Waals surface area contributed by atoms with Crippen molar-refractivity contribution in [1.29, 1.82) is 0 Å². The summed E-state index contributed by atoms with van der Waals surface area (Å²) in [5.41, 5.74) is 1.90. The number of benzene rings is 2. The largest absolute Gasteiger partial charge is 0.368 e. The normalized spacial score (nSPS) is 14.2. The Morgan fingerprint density at radius 2 is 1.56 bits per heavy atom. The molecule has 166 valence electrons. The number of ketones is 1. The molecule has 0 bridgehead atoms. The van der Waals surface area contributed by atoms with Gasteiger partial charge < -0.3 is 9.80 Å². The van der Waals surface area contributed by atoms with E-state index in [1.165, 1.54) is 4.68 Å². The van der Waals surface area contributed by atoms with Crippen molar-refractivity contribution in [2.24, 2.45) is 5.92 Å². The Kier molecular flexibility index (Phi) is 6.08. The van der Waals surface area contributed by atoms with E-state index in [4.69, 9.17) is 0 Å². The highest BCUT2D eigenvalue weighted by Gasteiger charge is 2.26. The SMILES string of the molecule is CC(=O)c1ccc(N2CCN(C(=O)c3nn(CC(C)C)c(=O)c4ccccc34)CC2)cc1. The smallest absolute Gasteiger partial charge is 0.275 e. The van der Waals surface area contributed by atoms with E-state index in [0.717, 1.165) is 5.69 Å². The van der Waals surface area contributed by atoms with E-state index in [1.807, 2.05) is 50.2 Å². The van der Waals surface area contributed by atoms with Gasteiger partial charge in [-0.2, -0.15) is 5.10 Å². The number of fused-ring (bicyclic) bond motifs is 1. The second-order valence-electron chi connectivity index (χ2n) is 8.66. The van der Waals surface area contributed by atoms with Crippen LogP contribution >= 0.6 is 0 Å². The number of rotatable bonds is 5.